The number of rotatable bonds is 3. The van der Waals surface area contributed by atoms with Crippen LogP contribution in [0.15, 0.2) is 48.5 Å². The Labute approximate surface area is 142 Å². The smallest absolute Gasteiger partial charge is 0.228 e. The third-order valence-electron chi connectivity index (χ3n) is 4.93. The maximum atomic E-state index is 12.2. The molecule has 3 rings (SSSR count). The summed E-state index contributed by atoms with van der Waals surface area (Å²) < 4.78 is 0. The third-order valence-corrected chi connectivity index (χ3v) is 4.93. The van der Waals surface area contributed by atoms with E-state index in [0.717, 1.165) is 22.3 Å². The van der Waals surface area contributed by atoms with Gasteiger partial charge >= 0.3 is 0 Å². The van der Waals surface area contributed by atoms with Crippen LogP contribution < -0.4 is 5.73 Å². The number of nitrogens with one attached hydrogen (secondary N) is 1. The van der Waals surface area contributed by atoms with Gasteiger partial charge in [-0.2, -0.15) is 0 Å². The Morgan fingerprint density at radius 2 is 1.79 bits per heavy atom. The maximum absolute atomic E-state index is 12.2. The molecule has 1 amide bonds. The van der Waals surface area contributed by atoms with E-state index in [1.165, 1.54) is 4.90 Å². The Bertz CT molecular complexity index is 779. The van der Waals surface area contributed by atoms with Crippen molar-refractivity contribution < 1.29 is 4.79 Å². The van der Waals surface area contributed by atoms with Gasteiger partial charge in [-0.05, 0) is 28.3 Å². The van der Waals surface area contributed by atoms with Gasteiger partial charge in [-0.15, -0.1) is 0 Å². The summed E-state index contributed by atoms with van der Waals surface area (Å²) in [5, 5.41) is 8.09. The SMILES string of the molecule is CN1C(=N)C[C@](C)(c2cccc(-c3cccc(CN)c3)c2)CC1=O. The summed E-state index contributed by atoms with van der Waals surface area (Å²) in [6.45, 7) is 2.59. The molecule has 1 aliphatic rings. The summed E-state index contributed by atoms with van der Waals surface area (Å²) in [6, 6.07) is 16.5. The molecule has 1 atom stereocenters. The fourth-order valence-electron chi connectivity index (χ4n) is 3.31. The quantitative estimate of drug-likeness (QED) is 0.910. The molecule has 124 valence electrons. The lowest BCUT2D eigenvalue weighted by molar-refractivity contribution is -0.128. The van der Waals surface area contributed by atoms with E-state index in [2.05, 4.69) is 37.3 Å². The van der Waals surface area contributed by atoms with Crippen LogP contribution in [0.4, 0.5) is 0 Å². The standard InChI is InChI=1S/C20H23N3O/c1-20(11-18(22)23(2)19(24)12-20)17-8-4-7-16(10-17)15-6-3-5-14(9-15)13-21/h3-10,22H,11-13,21H2,1-2H3/t20-/m0/s1. The van der Waals surface area contributed by atoms with Crippen LogP contribution in [-0.4, -0.2) is 23.7 Å². The number of hydrogen-bond donors (Lipinski definition) is 2. The van der Waals surface area contributed by atoms with Crippen LogP contribution in [0.25, 0.3) is 11.1 Å². The fraction of sp³-hybridized carbons (Fsp3) is 0.300. The normalized spacial score (nSPS) is 21.2. The predicted octanol–water partition coefficient (Wildman–Crippen LogP) is 3.30. The van der Waals surface area contributed by atoms with Gasteiger partial charge in [0.15, 0.2) is 0 Å². The Balaban J connectivity index is 1.98. The molecule has 0 aliphatic carbocycles. The molecule has 2 aromatic rings. The van der Waals surface area contributed by atoms with E-state index in [0.29, 0.717) is 25.2 Å². The Hall–Kier alpha value is -2.46. The number of benzene rings is 2. The zero-order chi connectivity index (χ0) is 17.3. The van der Waals surface area contributed by atoms with Gasteiger partial charge in [0, 0.05) is 31.8 Å². The van der Waals surface area contributed by atoms with E-state index < -0.39 is 0 Å². The minimum atomic E-state index is -0.331. The first-order chi connectivity index (χ1) is 11.4. The van der Waals surface area contributed by atoms with Crippen molar-refractivity contribution in [2.75, 3.05) is 7.05 Å². The average molecular weight is 321 g/mol. The zero-order valence-corrected chi connectivity index (χ0v) is 14.2. The van der Waals surface area contributed by atoms with Crippen molar-refractivity contribution in [3.63, 3.8) is 0 Å². The first kappa shape index (κ1) is 16.4. The van der Waals surface area contributed by atoms with Gasteiger partial charge in [-0.25, -0.2) is 0 Å². The lowest BCUT2D eigenvalue weighted by Crippen LogP contribution is -2.46. The molecule has 24 heavy (non-hydrogen) atoms. The first-order valence-corrected chi connectivity index (χ1v) is 8.17. The van der Waals surface area contributed by atoms with E-state index in [4.69, 9.17) is 11.1 Å². The highest BCUT2D eigenvalue weighted by Gasteiger charge is 2.38. The number of hydrogen-bond acceptors (Lipinski definition) is 3. The summed E-state index contributed by atoms with van der Waals surface area (Å²) >= 11 is 0. The summed E-state index contributed by atoms with van der Waals surface area (Å²) in [6.07, 6.45) is 1.000. The van der Waals surface area contributed by atoms with Crippen molar-refractivity contribution >= 4 is 11.7 Å². The van der Waals surface area contributed by atoms with Crippen molar-refractivity contribution in [1.82, 2.24) is 4.90 Å². The van der Waals surface area contributed by atoms with E-state index in [-0.39, 0.29) is 11.3 Å². The molecular weight excluding hydrogens is 298 g/mol. The van der Waals surface area contributed by atoms with E-state index in [9.17, 15) is 4.79 Å². The second kappa shape index (κ2) is 6.21. The van der Waals surface area contributed by atoms with Gasteiger partial charge < -0.3 is 10.6 Å². The van der Waals surface area contributed by atoms with Crippen LogP contribution in [0.3, 0.4) is 0 Å². The first-order valence-electron chi connectivity index (χ1n) is 8.17. The van der Waals surface area contributed by atoms with Crippen molar-refractivity contribution in [3.8, 4) is 11.1 Å². The van der Waals surface area contributed by atoms with Crippen molar-refractivity contribution in [2.45, 2.75) is 31.7 Å². The molecule has 0 unspecified atom stereocenters. The molecular formula is C20H23N3O. The van der Waals surface area contributed by atoms with Crippen LogP contribution in [0, 0.1) is 5.41 Å². The number of amides is 1. The summed E-state index contributed by atoms with van der Waals surface area (Å²) in [5.41, 5.74) is 9.85. The lowest BCUT2D eigenvalue weighted by Gasteiger charge is -2.38. The molecule has 3 N–H and O–H groups in total. The van der Waals surface area contributed by atoms with Gasteiger partial charge in [0.2, 0.25) is 5.91 Å². The molecule has 4 nitrogen and oxygen atoms in total. The van der Waals surface area contributed by atoms with Crippen LogP contribution >= 0.6 is 0 Å². The van der Waals surface area contributed by atoms with Gasteiger partial charge in [-0.3, -0.25) is 10.2 Å². The Morgan fingerprint density at radius 1 is 1.12 bits per heavy atom. The zero-order valence-electron chi connectivity index (χ0n) is 14.2. The second-order valence-corrected chi connectivity index (χ2v) is 6.80. The molecule has 0 radical (unpaired) electrons. The molecule has 1 fully saturated rings. The number of nitrogens with two attached hydrogens (primary N) is 1. The molecule has 1 saturated heterocycles. The molecule has 1 aliphatic heterocycles. The summed E-state index contributed by atoms with van der Waals surface area (Å²) in [5.74, 6) is 0.383. The largest absolute Gasteiger partial charge is 0.326 e. The second-order valence-electron chi connectivity index (χ2n) is 6.80. The lowest BCUT2D eigenvalue weighted by atomic mass is 9.73. The van der Waals surface area contributed by atoms with Crippen molar-refractivity contribution in [1.29, 1.82) is 5.41 Å². The minimum Gasteiger partial charge on any atom is -0.326 e. The third kappa shape index (κ3) is 2.97. The van der Waals surface area contributed by atoms with Crippen LogP contribution in [0.1, 0.15) is 30.9 Å². The number of carbonyl (C=O) groups excluding carboxylic acids is 1. The molecule has 0 saturated carbocycles. The monoisotopic (exact) mass is 321 g/mol. The maximum Gasteiger partial charge on any atom is 0.228 e. The highest BCUT2D eigenvalue weighted by Crippen LogP contribution is 2.37. The molecule has 2 aromatic carbocycles. The number of nitrogens with zero attached hydrogens (tertiary/aromatic N) is 1. The Morgan fingerprint density at radius 3 is 2.46 bits per heavy atom. The molecule has 1 heterocycles. The van der Waals surface area contributed by atoms with E-state index in [1.54, 1.807) is 7.05 Å². The van der Waals surface area contributed by atoms with Crippen LogP contribution in [0.2, 0.25) is 0 Å². The molecule has 0 bridgehead atoms. The summed E-state index contributed by atoms with van der Waals surface area (Å²) in [4.78, 5) is 13.7. The van der Waals surface area contributed by atoms with Crippen molar-refractivity contribution in [2.24, 2.45) is 5.73 Å². The topological polar surface area (TPSA) is 70.2 Å². The van der Waals surface area contributed by atoms with Gasteiger partial charge in [0.05, 0.1) is 0 Å². The Kier molecular flexibility index (Phi) is 4.24. The van der Waals surface area contributed by atoms with Crippen molar-refractivity contribution in [3.05, 3.63) is 59.7 Å². The number of carbonyl (C=O) groups is 1. The highest BCUT2D eigenvalue weighted by atomic mass is 16.2. The van der Waals surface area contributed by atoms with Gasteiger partial charge in [0.1, 0.15) is 5.84 Å². The van der Waals surface area contributed by atoms with Gasteiger partial charge in [0.25, 0.3) is 0 Å². The number of piperidine rings is 1. The fourth-order valence-corrected chi connectivity index (χ4v) is 3.31. The van der Waals surface area contributed by atoms with E-state index >= 15 is 0 Å². The van der Waals surface area contributed by atoms with Gasteiger partial charge in [-0.1, -0.05) is 49.4 Å². The molecule has 0 aromatic heterocycles. The number of likely N-dealkylation sites (tertiary alicyclic amines) is 1. The minimum absolute atomic E-state index is 0.00396. The molecule has 0 spiro atoms. The average Bonchev–Trinajstić information content (AvgIpc) is 2.60. The number of amidine groups is 1. The van der Waals surface area contributed by atoms with E-state index in [1.807, 2.05) is 18.2 Å². The summed E-state index contributed by atoms with van der Waals surface area (Å²) in [7, 11) is 1.68. The predicted molar refractivity (Wildman–Crippen MR) is 96.9 cm³/mol. The van der Waals surface area contributed by atoms with Crippen LogP contribution in [0.5, 0.6) is 0 Å². The highest BCUT2D eigenvalue weighted by molar-refractivity contribution is 6.00. The molecule has 4 heteroatoms. The van der Waals surface area contributed by atoms with Crippen LogP contribution in [-0.2, 0) is 16.8 Å².